The first kappa shape index (κ1) is 28.4. The summed E-state index contributed by atoms with van der Waals surface area (Å²) in [6, 6.07) is 67.5. The number of fused-ring (bicyclic) bond motifs is 7. The quantitative estimate of drug-likeness (QED) is 0.187. The zero-order valence-corrected chi connectivity index (χ0v) is 27.3. The average Bonchev–Trinajstić information content (AvgIpc) is 3.58. The van der Waals surface area contributed by atoms with E-state index >= 15 is 0 Å². The van der Waals surface area contributed by atoms with Gasteiger partial charge in [0, 0.05) is 22.1 Å². The summed E-state index contributed by atoms with van der Waals surface area (Å²) in [5, 5.41) is 9.50. The minimum atomic E-state index is 0.874. The summed E-state index contributed by atoms with van der Waals surface area (Å²) < 4.78 is 6.63. The lowest BCUT2D eigenvalue weighted by atomic mass is 9.99. The number of nitrogens with zero attached hydrogens (tertiary/aromatic N) is 1. The summed E-state index contributed by atoms with van der Waals surface area (Å²) in [6.07, 6.45) is 0. The second kappa shape index (κ2) is 11.5. The lowest BCUT2D eigenvalue weighted by Crippen LogP contribution is -2.10. The molecule has 0 bridgehead atoms. The summed E-state index contributed by atoms with van der Waals surface area (Å²) >= 11 is 0. The van der Waals surface area contributed by atoms with Gasteiger partial charge in [-0.25, -0.2) is 0 Å². The molecule has 50 heavy (non-hydrogen) atoms. The molecule has 0 aliphatic rings. The highest BCUT2D eigenvalue weighted by Gasteiger charge is 2.20. The number of benzene rings is 9. The third-order valence-electron chi connectivity index (χ3n) is 10.0. The summed E-state index contributed by atoms with van der Waals surface area (Å²) in [6.45, 7) is 0. The molecule has 0 atom stereocenters. The Bertz CT molecular complexity index is 2740. The van der Waals surface area contributed by atoms with Gasteiger partial charge in [0.25, 0.3) is 0 Å². The molecule has 9 aromatic carbocycles. The predicted molar refractivity (Wildman–Crippen MR) is 212 cm³/mol. The highest BCUT2D eigenvalue weighted by atomic mass is 16.3. The van der Waals surface area contributed by atoms with Crippen LogP contribution in [-0.2, 0) is 0 Å². The van der Waals surface area contributed by atoms with Gasteiger partial charge >= 0.3 is 0 Å². The van der Waals surface area contributed by atoms with Crippen molar-refractivity contribution in [3.63, 3.8) is 0 Å². The average molecular weight is 638 g/mol. The fourth-order valence-electron chi connectivity index (χ4n) is 7.49. The molecule has 1 heterocycles. The zero-order chi connectivity index (χ0) is 33.0. The predicted octanol–water partition coefficient (Wildman–Crippen LogP) is 13.8. The monoisotopic (exact) mass is 637 g/mol. The first-order valence-corrected chi connectivity index (χ1v) is 17.1. The molecule has 0 fully saturated rings. The molecule has 0 unspecified atom stereocenters. The Morgan fingerprint density at radius 1 is 0.340 bits per heavy atom. The molecule has 10 aromatic rings. The number of rotatable bonds is 5. The Morgan fingerprint density at radius 3 is 1.44 bits per heavy atom. The highest BCUT2D eigenvalue weighted by Crippen LogP contribution is 2.45. The Hall–Kier alpha value is -6.64. The Labute approximate surface area is 290 Å². The van der Waals surface area contributed by atoms with E-state index in [1.165, 1.54) is 49.2 Å². The van der Waals surface area contributed by atoms with Gasteiger partial charge in [-0.05, 0) is 104 Å². The van der Waals surface area contributed by atoms with Gasteiger partial charge in [0.1, 0.15) is 11.2 Å². The van der Waals surface area contributed by atoms with Crippen LogP contribution in [0.25, 0.3) is 76.5 Å². The molecule has 0 N–H and O–H groups in total. The Morgan fingerprint density at radius 2 is 0.840 bits per heavy atom. The van der Waals surface area contributed by atoms with Crippen molar-refractivity contribution >= 4 is 71.3 Å². The van der Waals surface area contributed by atoms with Gasteiger partial charge < -0.3 is 9.32 Å². The maximum absolute atomic E-state index is 6.63. The normalized spacial score (nSPS) is 11.6. The van der Waals surface area contributed by atoms with Crippen LogP contribution in [0.4, 0.5) is 17.1 Å². The fraction of sp³-hybridized carbons (Fsp3) is 0. The van der Waals surface area contributed by atoms with E-state index in [-0.39, 0.29) is 0 Å². The summed E-state index contributed by atoms with van der Waals surface area (Å²) in [4.78, 5) is 2.36. The Kier molecular flexibility index (Phi) is 6.53. The molecule has 0 aliphatic heterocycles. The van der Waals surface area contributed by atoms with E-state index in [0.717, 1.165) is 44.4 Å². The van der Waals surface area contributed by atoms with Gasteiger partial charge in [-0.2, -0.15) is 0 Å². The van der Waals surface area contributed by atoms with Gasteiger partial charge in [0.15, 0.2) is 0 Å². The lowest BCUT2D eigenvalue weighted by Gasteiger charge is -2.26. The van der Waals surface area contributed by atoms with E-state index in [1.54, 1.807) is 0 Å². The highest BCUT2D eigenvalue weighted by molar-refractivity contribution is 6.19. The number of hydrogen-bond donors (Lipinski definition) is 0. The number of anilines is 3. The molecule has 0 aliphatic carbocycles. The second-order valence-corrected chi connectivity index (χ2v) is 13.0. The van der Waals surface area contributed by atoms with Crippen LogP contribution >= 0.6 is 0 Å². The van der Waals surface area contributed by atoms with Crippen molar-refractivity contribution in [3.8, 4) is 22.3 Å². The molecular formula is C48H31NO. The Balaban J connectivity index is 1.13. The van der Waals surface area contributed by atoms with Crippen LogP contribution < -0.4 is 4.90 Å². The van der Waals surface area contributed by atoms with Gasteiger partial charge in [0.05, 0.1) is 11.1 Å². The van der Waals surface area contributed by atoms with Gasteiger partial charge in [-0.3, -0.25) is 0 Å². The van der Waals surface area contributed by atoms with E-state index in [1.807, 2.05) is 0 Å². The van der Waals surface area contributed by atoms with Crippen LogP contribution in [0.2, 0.25) is 0 Å². The zero-order valence-electron chi connectivity index (χ0n) is 27.3. The summed E-state index contributed by atoms with van der Waals surface area (Å²) in [7, 11) is 0. The van der Waals surface area contributed by atoms with Crippen LogP contribution in [0.5, 0.6) is 0 Å². The van der Waals surface area contributed by atoms with Crippen LogP contribution in [-0.4, -0.2) is 0 Å². The van der Waals surface area contributed by atoms with Crippen LogP contribution in [0.1, 0.15) is 0 Å². The third kappa shape index (κ3) is 4.73. The smallest absolute Gasteiger partial charge is 0.143 e. The minimum absolute atomic E-state index is 0.874. The van der Waals surface area contributed by atoms with Crippen molar-refractivity contribution < 1.29 is 4.42 Å². The third-order valence-corrected chi connectivity index (χ3v) is 10.0. The molecule has 0 saturated carbocycles. The maximum Gasteiger partial charge on any atom is 0.143 e. The largest absolute Gasteiger partial charge is 0.455 e. The summed E-state index contributed by atoms with van der Waals surface area (Å²) in [5.74, 6) is 0. The van der Waals surface area contributed by atoms with Crippen LogP contribution in [0.3, 0.4) is 0 Å². The maximum atomic E-state index is 6.63. The van der Waals surface area contributed by atoms with Gasteiger partial charge in [-0.1, -0.05) is 133 Å². The molecule has 0 amide bonds. The van der Waals surface area contributed by atoms with E-state index in [9.17, 15) is 0 Å². The van der Waals surface area contributed by atoms with Crippen molar-refractivity contribution in [1.29, 1.82) is 0 Å². The van der Waals surface area contributed by atoms with Crippen molar-refractivity contribution in [2.24, 2.45) is 0 Å². The lowest BCUT2D eigenvalue weighted by molar-refractivity contribution is 0.672. The first-order chi connectivity index (χ1) is 24.8. The van der Waals surface area contributed by atoms with Crippen molar-refractivity contribution in [1.82, 2.24) is 0 Å². The fourth-order valence-corrected chi connectivity index (χ4v) is 7.49. The van der Waals surface area contributed by atoms with Crippen molar-refractivity contribution in [2.75, 3.05) is 4.90 Å². The van der Waals surface area contributed by atoms with E-state index in [0.29, 0.717) is 0 Å². The SMILES string of the molecule is c1ccc2cc(-c3ccc(N(c4ccc(-c5ccc6ccccc6c5)cc4)c4cccc5oc6c7ccccc7ccc6c45)cc3)ccc2c1. The molecule has 0 radical (unpaired) electrons. The van der Waals surface area contributed by atoms with E-state index in [4.69, 9.17) is 4.42 Å². The van der Waals surface area contributed by atoms with Crippen LogP contribution in [0, 0.1) is 0 Å². The molecule has 2 nitrogen and oxygen atoms in total. The molecule has 0 saturated heterocycles. The number of hydrogen-bond acceptors (Lipinski definition) is 2. The standard InChI is InChI=1S/C48H31NO/c1-3-11-37-30-39(18-16-32(37)8-1)34-20-25-41(26-21-34)49(42-27-22-35(23-28-42)40-19-17-33-9-2-4-12-38(33)31-40)45-14-7-15-46-47(45)44-29-24-36-10-5-6-13-43(36)48(44)50-46/h1-31H. The summed E-state index contributed by atoms with van der Waals surface area (Å²) in [5.41, 5.74) is 9.81. The molecule has 234 valence electrons. The van der Waals surface area contributed by atoms with Crippen LogP contribution in [0.15, 0.2) is 192 Å². The van der Waals surface area contributed by atoms with Gasteiger partial charge in [-0.15, -0.1) is 0 Å². The topological polar surface area (TPSA) is 16.4 Å². The molecule has 1 aromatic heterocycles. The van der Waals surface area contributed by atoms with Crippen molar-refractivity contribution in [3.05, 3.63) is 188 Å². The van der Waals surface area contributed by atoms with Crippen molar-refractivity contribution in [2.45, 2.75) is 0 Å². The number of furan rings is 1. The minimum Gasteiger partial charge on any atom is -0.455 e. The molecule has 10 rings (SSSR count). The van der Waals surface area contributed by atoms with E-state index in [2.05, 4.69) is 193 Å². The molecule has 0 spiro atoms. The molecule has 2 heteroatoms. The van der Waals surface area contributed by atoms with Gasteiger partial charge in [0.2, 0.25) is 0 Å². The van der Waals surface area contributed by atoms with E-state index < -0.39 is 0 Å². The molecular weight excluding hydrogens is 607 g/mol. The second-order valence-electron chi connectivity index (χ2n) is 13.0. The first-order valence-electron chi connectivity index (χ1n) is 17.1.